The van der Waals surface area contributed by atoms with Gasteiger partial charge in [0.15, 0.2) is 0 Å². The van der Waals surface area contributed by atoms with E-state index in [1.807, 2.05) is 0 Å². The van der Waals surface area contributed by atoms with Gasteiger partial charge in [-0.05, 0) is 44.5 Å². The van der Waals surface area contributed by atoms with Crippen LogP contribution in [0.5, 0.6) is 0 Å². The zero-order valence-electron chi connectivity index (χ0n) is 10.1. The third-order valence-corrected chi connectivity index (χ3v) is 3.02. The van der Waals surface area contributed by atoms with Crippen LogP contribution in [0.3, 0.4) is 0 Å². The fraction of sp³-hybridized carbons (Fsp3) is 0.615. The first-order chi connectivity index (χ1) is 8.36. The predicted molar refractivity (Wildman–Crippen MR) is 63.9 cm³/mol. The highest BCUT2D eigenvalue weighted by molar-refractivity contribution is 5.86. The average molecular weight is 237 g/mol. The molecule has 2 heterocycles. The molecule has 0 atom stereocenters. The van der Waals surface area contributed by atoms with Crippen LogP contribution in [-0.2, 0) is 4.74 Å². The molecule has 0 aromatic carbocycles. The lowest BCUT2D eigenvalue weighted by molar-refractivity contribution is 0.0449. The second kappa shape index (κ2) is 6.45. The van der Waals surface area contributed by atoms with Crippen LogP contribution in [-0.4, -0.2) is 37.1 Å². The third-order valence-electron chi connectivity index (χ3n) is 3.02. The number of esters is 1. The molecule has 1 fully saturated rings. The normalized spacial score (nSPS) is 16.9. The molecular weight excluding hydrogens is 218 g/mol. The van der Waals surface area contributed by atoms with Crippen molar-refractivity contribution in [3.05, 3.63) is 24.2 Å². The van der Waals surface area contributed by atoms with E-state index in [0.29, 0.717) is 6.61 Å². The maximum absolute atomic E-state index is 11.4. The Bertz CT molecular complexity index is 328. The van der Waals surface area contributed by atoms with E-state index in [4.69, 9.17) is 9.15 Å². The summed E-state index contributed by atoms with van der Waals surface area (Å²) in [6, 6.07) is 3.30. The molecule has 1 aromatic heterocycles. The minimum Gasteiger partial charge on any atom is -0.460 e. The van der Waals surface area contributed by atoms with Crippen molar-refractivity contribution < 1.29 is 13.9 Å². The second-order valence-corrected chi connectivity index (χ2v) is 4.37. The number of likely N-dealkylation sites (tertiary alicyclic amines) is 1. The standard InChI is InChI=1S/C13H19NO3/c15-13(12-6-4-10-16-12)17-11-5-9-14-7-2-1-3-8-14/h4,6,10H,1-3,5,7-9,11H2. The van der Waals surface area contributed by atoms with E-state index in [1.165, 1.54) is 38.6 Å². The molecule has 0 bridgehead atoms. The van der Waals surface area contributed by atoms with E-state index in [0.717, 1.165) is 13.0 Å². The largest absolute Gasteiger partial charge is 0.460 e. The van der Waals surface area contributed by atoms with Crippen molar-refractivity contribution in [2.75, 3.05) is 26.2 Å². The number of carbonyl (C=O) groups is 1. The van der Waals surface area contributed by atoms with Gasteiger partial charge in [-0.25, -0.2) is 4.79 Å². The molecule has 1 saturated heterocycles. The highest BCUT2D eigenvalue weighted by Gasteiger charge is 2.11. The SMILES string of the molecule is O=C(OCCCN1CCCCC1)c1ccco1. The molecule has 4 nitrogen and oxygen atoms in total. The first-order valence-electron chi connectivity index (χ1n) is 6.29. The number of furan rings is 1. The van der Waals surface area contributed by atoms with Gasteiger partial charge in [-0.3, -0.25) is 0 Å². The van der Waals surface area contributed by atoms with Crippen molar-refractivity contribution in [2.45, 2.75) is 25.7 Å². The van der Waals surface area contributed by atoms with Gasteiger partial charge in [-0.2, -0.15) is 0 Å². The topological polar surface area (TPSA) is 42.7 Å². The van der Waals surface area contributed by atoms with Gasteiger partial charge in [0.2, 0.25) is 5.76 Å². The van der Waals surface area contributed by atoms with Gasteiger partial charge in [0, 0.05) is 6.54 Å². The number of piperidine rings is 1. The Balaban J connectivity index is 1.58. The average Bonchev–Trinajstić information content (AvgIpc) is 2.89. The summed E-state index contributed by atoms with van der Waals surface area (Å²) < 4.78 is 10.1. The van der Waals surface area contributed by atoms with Crippen LogP contribution >= 0.6 is 0 Å². The molecule has 1 aliphatic rings. The van der Waals surface area contributed by atoms with Crippen molar-refractivity contribution >= 4 is 5.97 Å². The zero-order valence-corrected chi connectivity index (χ0v) is 10.1. The summed E-state index contributed by atoms with van der Waals surface area (Å²) in [5.41, 5.74) is 0. The lowest BCUT2D eigenvalue weighted by Gasteiger charge is -2.26. The molecule has 17 heavy (non-hydrogen) atoms. The molecule has 1 aromatic rings. The van der Waals surface area contributed by atoms with Gasteiger partial charge in [-0.15, -0.1) is 0 Å². The van der Waals surface area contributed by atoms with Gasteiger partial charge in [0.05, 0.1) is 12.9 Å². The van der Waals surface area contributed by atoms with Crippen molar-refractivity contribution in [2.24, 2.45) is 0 Å². The summed E-state index contributed by atoms with van der Waals surface area (Å²) >= 11 is 0. The van der Waals surface area contributed by atoms with Crippen molar-refractivity contribution in [3.8, 4) is 0 Å². The van der Waals surface area contributed by atoms with Gasteiger partial charge in [-0.1, -0.05) is 6.42 Å². The Hall–Kier alpha value is -1.29. The lowest BCUT2D eigenvalue weighted by atomic mass is 10.1. The second-order valence-electron chi connectivity index (χ2n) is 4.37. The first kappa shape index (κ1) is 12.2. The third kappa shape index (κ3) is 3.89. The Morgan fingerprint density at radius 2 is 2.18 bits per heavy atom. The number of hydrogen-bond donors (Lipinski definition) is 0. The van der Waals surface area contributed by atoms with E-state index < -0.39 is 0 Å². The maximum Gasteiger partial charge on any atom is 0.374 e. The number of rotatable bonds is 5. The fourth-order valence-electron chi connectivity index (χ4n) is 2.10. The van der Waals surface area contributed by atoms with Crippen LogP contribution in [0.2, 0.25) is 0 Å². The summed E-state index contributed by atoms with van der Waals surface area (Å²) in [6.45, 7) is 3.86. The minimum absolute atomic E-state index is 0.281. The quantitative estimate of drug-likeness (QED) is 0.582. The predicted octanol–water partition coefficient (Wildman–Crippen LogP) is 2.31. The molecule has 0 radical (unpaired) electrons. The molecule has 0 saturated carbocycles. The van der Waals surface area contributed by atoms with Crippen molar-refractivity contribution in [3.63, 3.8) is 0 Å². The van der Waals surface area contributed by atoms with E-state index >= 15 is 0 Å². The number of hydrogen-bond acceptors (Lipinski definition) is 4. The van der Waals surface area contributed by atoms with E-state index in [-0.39, 0.29) is 11.7 Å². The Morgan fingerprint density at radius 1 is 1.35 bits per heavy atom. The Kier molecular flexibility index (Phi) is 4.62. The van der Waals surface area contributed by atoms with Crippen LogP contribution in [0.4, 0.5) is 0 Å². The summed E-state index contributed by atoms with van der Waals surface area (Å²) in [5, 5.41) is 0. The molecule has 4 heteroatoms. The fourth-order valence-corrected chi connectivity index (χ4v) is 2.10. The van der Waals surface area contributed by atoms with Crippen LogP contribution in [0.1, 0.15) is 36.2 Å². The molecule has 0 aliphatic carbocycles. The Labute approximate surface area is 102 Å². The molecule has 94 valence electrons. The molecule has 0 unspecified atom stereocenters. The summed E-state index contributed by atoms with van der Waals surface area (Å²) in [5.74, 6) is -0.0865. The van der Waals surface area contributed by atoms with Crippen molar-refractivity contribution in [1.82, 2.24) is 4.90 Å². The highest BCUT2D eigenvalue weighted by Crippen LogP contribution is 2.09. The summed E-state index contributed by atoms with van der Waals surface area (Å²) in [4.78, 5) is 13.9. The van der Waals surface area contributed by atoms with Gasteiger partial charge in [0.25, 0.3) is 0 Å². The van der Waals surface area contributed by atoms with Crippen molar-refractivity contribution in [1.29, 1.82) is 0 Å². The summed E-state index contributed by atoms with van der Waals surface area (Å²) in [7, 11) is 0. The van der Waals surface area contributed by atoms with Crippen LogP contribution < -0.4 is 0 Å². The monoisotopic (exact) mass is 237 g/mol. The molecule has 0 spiro atoms. The number of nitrogens with zero attached hydrogens (tertiary/aromatic N) is 1. The minimum atomic E-state index is -0.367. The van der Waals surface area contributed by atoms with Crippen LogP contribution in [0.15, 0.2) is 22.8 Å². The lowest BCUT2D eigenvalue weighted by Crippen LogP contribution is -2.31. The summed E-state index contributed by atoms with van der Waals surface area (Å²) in [6.07, 6.45) is 6.32. The smallest absolute Gasteiger partial charge is 0.374 e. The zero-order chi connectivity index (χ0) is 11.9. The molecule has 0 amide bonds. The molecule has 0 N–H and O–H groups in total. The van der Waals surface area contributed by atoms with Crippen LogP contribution in [0, 0.1) is 0 Å². The highest BCUT2D eigenvalue weighted by atomic mass is 16.5. The van der Waals surface area contributed by atoms with Gasteiger partial charge in [0.1, 0.15) is 0 Å². The number of carbonyl (C=O) groups excluding carboxylic acids is 1. The van der Waals surface area contributed by atoms with E-state index in [1.54, 1.807) is 12.1 Å². The molecule has 2 rings (SSSR count). The van der Waals surface area contributed by atoms with Gasteiger partial charge < -0.3 is 14.1 Å². The number of ether oxygens (including phenoxy) is 1. The maximum atomic E-state index is 11.4. The Morgan fingerprint density at radius 3 is 2.88 bits per heavy atom. The van der Waals surface area contributed by atoms with E-state index in [9.17, 15) is 4.79 Å². The van der Waals surface area contributed by atoms with E-state index in [2.05, 4.69) is 4.90 Å². The first-order valence-corrected chi connectivity index (χ1v) is 6.29. The van der Waals surface area contributed by atoms with Gasteiger partial charge >= 0.3 is 5.97 Å². The van der Waals surface area contributed by atoms with Crippen LogP contribution in [0.25, 0.3) is 0 Å². The molecular formula is C13H19NO3. The molecule has 1 aliphatic heterocycles.